The summed E-state index contributed by atoms with van der Waals surface area (Å²) in [5.41, 5.74) is 1.29. The lowest BCUT2D eigenvalue weighted by molar-refractivity contribution is -0.385. The van der Waals surface area contributed by atoms with Gasteiger partial charge in [0.2, 0.25) is 5.91 Å². The van der Waals surface area contributed by atoms with Crippen LogP contribution in [0.15, 0.2) is 48.7 Å². The van der Waals surface area contributed by atoms with E-state index in [4.69, 9.17) is 4.74 Å². The molecule has 0 unspecified atom stereocenters. The molecule has 13 nitrogen and oxygen atoms in total. The van der Waals surface area contributed by atoms with Gasteiger partial charge in [-0.25, -0.2) is 0 Å². The standard InChI is InChI=1S/C34H44N6O7Si/c1-23-32(48(2,3)46)30(15-18-37-22-25(16-19-41)35-36-37)47-34(23)28-20-27(40(44)45)13-14-29(28)39(33(34)43)21-24-9-11-26(12-10-24)38-17-7-5-4-6-8-31(38)42/h9-14,20,22-23,30,32,41,46H,4-8,15-19,21H2,1-3H3/t23-,30+,32-,34+/m0/s1. The highest BCUT2D eigenvalue weighted by Crippen LogP contribution is 2.60. The van der Waals surface area contributed by atoms with E-state index in [0.717, 1.165) is 36.9 Å². The van der Waals surface area contributed by atoms with E-state index < -0.39 is 30.9 Å². The van der Waals surface area contributed by atoms with Crippen LogP contribution in [0, 0.1) is 16.0 Å². The summed E-state index contributed by atoms with van der Waals surface area (Å²) < 4.78 is 8.49. The number of hydrogen-bond acceptors (Lipinski definition) is 9. The van der Waals surface area contributed by atoms with Crippen LogP contribution in [0.25, 0.3) is 0 Å². The number of nitro groups is 1. The zero-order valence-corrected chi connectivity index (χ0v) is 28.7. The molecule has 1 spiro atoms. The molecule has 2 aromatic carbocycles. The van der Waals surface area contributed by atoms with Gasteiger partial charge in [0.05, 0.1) is 29.0 Å². The number of non-ortho nitro benzene ring substituents is 1. The average molecular weight is 677 g/mol. The number of amides is 2. The van der Waals surface area contributed by atoms with Gasteiger partial charge in [0.15, 0.2) is 13.9 Å². The first-order valence-corrected chi connectivity index (χ1v) is 19.9. The van der Waals surface area contributed by atoms with Crippen LogP contribution in [-0.4, -0.2) is 69.2 Å². The fourth-order valence-corrected chi connectivity index (χ4v) is 10.5. The molecular formula is C34H44N6O7Si. The number of aryl methyl sites for hydroxylation is 1. The molecule has 48 heavy (non-hydrogen) atoms. The smallest absolute Gasteiger partial charge is 0.269 e. The summed E-state index contributed by atoms with van der Waals surface area (Å²) in [5.74, 6) is -0.672. The zero-order valence-electron chi connectivity index (χ0n) is 27.7. The van der Waals surface area contributed by atoms with Crippen molar-refractivity contribution in [2.45, 2.75) is 95.3 Å². The molecule has 0 bridgehead atoms. The van der Waals surface area contributed by atoms with Crippen molar-refractivity contribution in [1.82, 2.24) is 15.0 Å². The quantitative estimate of drug-likeness (QED) is 0.179. The lowest BCUT2D eigenvalue weighted by Gasteiger charge is -2.32. The molecule has 2 N–H and O–H groups in total. The van der Waals surface area contributed by atoms with Crippen molar-refractivity contribution in [3.63, 3.8) is 0 Å². The summed E-state index contributed by atoms with van der Waals surface area (Å²) >= 11 is 0. The number of anilines is 2. The molecule has 3 aliphatic rings. The second-order valence-electron chi connectivity index (χ2n) is 13.8. The van der Waals surface area contributed by atoms with Gasteiger partial charge in [-0.2, -0.15) is 0 Å². The number of nitro benzene ring substituents is 1. The van der Waals surface area contributed by atoms with Gasteiger partial charge < -0.3 is 24.4 Å². The van der Waals surface area contributed by atoms with Crippen LogP contribution in [0.3, 0.4) is 0 Å². The normalized spacial score (nSPS) is 24.6. The van der Waals surface area contributed by atoms with E-state index in [0.29, 0.717) is 49.3 Å². The minimum Gasteiger partial charge on any atom is -0.432 e. The number of benzene rings is 2. The molecule has 4 heterocycles. The van der Waals surface area contributed by atoms with E-state index in [1.165, 1.54) is 12.1 Å². The van der Waals surface area contributed by atoms with Gasteiger partial charge in [-0.05, 0) is 56.1 Å². The third kappa shape index (κ3) is 6.29. The number of aromatic nitrogens is 3. The van der Waals surface area contributed by atoms with Crippen molar-refractivity contribution in [2.24, 2.45) is 5.92 Å². The lowest BCUT2D eigenvalue weighted by Crippen LogP contribution is -2.46. The molecule has 4 atom stereocenters. The Labute approximate surface area is 280 Å². The number of carbonyl (C=O) groups excluding carboxylic acids is 2. The van der Waals surface area contributed by atoms with Crippen molar-refractivity contribution in [1.29, 1.82) is 0 Å². The second kappa shape index (κ2) is 13.5. The molecule has 1 aromatic heterocycles. The summed E-state index contributed by atoms with van der Waals surface area (Å²) in [5, 5.41) is 29.4. The van der Waals surface area contributed by atoms with Crippen LogP contribution in [0.1, 0.15) is 62.3 Å². The van der Waals surface area contributed by atoms with Gasteiger partial charge in [-0.15, -0.1) is 5.10 Å². The number of fused-ring (bicyclic) bond motifs is 2. The molecule has 14 heteroatoms. The van der Waals surface area contributed by atoms with Crippen LogP contribution < -0.4 is 9.80 Å². The predicted molar refractivity (Wildman–Crippen MR) is 181 cm³/mol. The first-order chi connectivity index (χ1) is 22.9. The molecule has 2 saturated heterocycles. The topological polar surface area (TPSA) is 164 Å². The number of hydrogen-bond donors (Lipinski definition) is 2. The molecule has 256 valence electrons. The third-order valence-electron chi connectivity index (χ3n) is 10.2. The van der Waals surface area contributed by atoms with E-state index in [2.05, 4.69) is 10.3 Å². The maximum absolute atomic E-state index is 14.7. The number of aliphatic hydroxyl groups excluding tert-OH is 1. The van der Waals surface area contributed by atoms with E-state index in [-0.39, 0.29) is 36.2 Å². The van der Waals surface area contributed by atoms with Crippen molar-refractivity contribution < 1.29 is 29.2 Å². The monoisotopic (exact) mass is 676 g/mol. The van der Waals surface area contributed by atoms with Crippen LogP contribution in [0.5, 0.6) is 0 Å². The van der Waals surface area contributed by atoms with Crippen molar-refractivity contribution in [3.8, 4) is 0 Å². The van der Waals surface area contributed by atoms with Crippen molar-refractivity contribution >= 4 is 37.2 Å². The largest absolute Gasteiger partial charge is 0.432 e. The number of nitrogens with zero attached hydrogens (tertiary/aromatic N) is 6. The van der Waals surface area contributed by atoms with Gasteiger partial charge in [0, 0.05) is 73.6 Å². The second-order valence-corrected chi connectivity index (χ2v) is 17.8. The Morgan fingerprint density at radius 2 is 1.85 bits per heavy atom. The number of carbonyl (C=O) groups is 2. The minimum absolute atomic E-state index is 0.0384. The van der Waals surface area contributed by atoms with Gasteiger partial charge in [0.25, 0.3) is 11.6 Å². The zero-order chi connectivity index (χ0) is 34.2. The van der Waals surface area contributed by atoms with E-state index >= 15 is 0 Å². The SMILES string of the molecule is C[C@H]1[C@H]([Si](C)(C)O)[C@@H](CCn2cc(CCO)nn2)O[C@]12C(=O)N(Cc1ccc(N3CCCCCCC3=O)cc1)c1ccc([N+](=O)[O-])cc12. The van der Waals surface area contributed by atoms with E-state index in [9.17, 15) is 29.6 Å². The average Bonchev–Trinajstić information content (AvgIpc) is 3.68. The highest BCUT2D eigenvalue weighted by atomic mass is 28.4. The highest BCUT2D eigenvalue weighted by Gasteiger charge is 2.66. The van der Waals surface area contributed by atoms with E-state index in [1.807, 2.05) is 49.2 Å². The van der Waals surface area contributed by atoms with Crippen LogP contribution in [0.4, 0.5) is 17.1 Å². The first-order valence-electron chi connectivity index (χ1n) is 16.8. The van der Waals surface area contributed by atoms with Gasteiger partial charge in [0.1, 0.15) is 0 Å². The van der Waals surface area contributed by atoms with E-state index in [1.54, 1.807) is 21.8 Å². The number of rotatable bonds is 10. The summed E-state index contributed by atoms with van der Waals surface area (Å²) in [6.07, 6.45) is 6.62. The lowest BCUT2D eigenvalue weighted by atomic mass is 9.82. The molecular weight excluding hydrogens is 632 g/mol. The Bertz CT molecular complexity index is 1670. The van der Waals surface area contributed by atoms with Crippen LogP contribution in [-0.2, 0) is 39.4 Å². The number of aliphatic hydroxyl groups is 1. The highest BCUT2D eigenvalue weighted by molar-refractivity contribution is 6.71. The summed E-state index contributed by atoms with van der Waals surface area (Å²) in [6, 6.07) is 12.1. The summed E-state index contributed by atoms with van der Waals surface area (Å²) in [4.78, 5) is 54.1. The Morgan fingerprint density at radius 1 is 1.10 bits per heavy atom. The fourth-order valence-electron chi connectivity index (χ4n) is 7.94. The molecule has 3 aliphatic heterocycles. The number of ether oxygens (including phenoxy) is 1. The molecule has 6 rings (SSSR count). The fraction of sp³-hybridized carbons (Fsp3) is 0.529. The molecule has 2 fully saturated rings. The van der Waals surface area contributed by atoms with Crippen molar-refractivity contribution in [2.75, 3.05) is 23.0 Å². The van der Waals surface area contributed by atoms with Gasteiger partial charge >= 0.3 is 0 Å². The first kappa shape index (κ1) is 33.9. The minimum atomic E-state index is -2.95. The molecule has 0 aliphatic carbocycles. The maximum atomic E-state index is 14.7. The maximum Gasteiger partial charge on any atom is 0.269 e. The Hall–Kier alpha value is -3.98. The van der Waals surface area contributed by atoms with Gasteiger partial charge in [-0.3, -0.25) is 24.4 Å². The van der Waals surface area contributed by atoms with Crippen LogP contribution >= 0.6 is 0 Å². The molecule has 3 aromatic rings. The summed E-state index contributed by atoms with van der Waals surface area (Å²) in [6.45, 7) is 6.84. The molecule has 2 amide bonds. The van der Waals surface area contributed by atoms with Gasteiger partial charge in [-0.1, -0.05) is 37.1 Å². The Balaban J connectivity index is 1.31. The Kier molecular flexibility index (Phi) is 9.53. The van der Waals surface area contributed by atoms with Crippen molar-refractivity contribution in [3.05, 3.63) is 75.6 Å². The summed E-state index contributed by atoms with van der Waals surface area (Å²) in [7, 11) is -2.95. The third-order valence-corrected chi connectivity index (χ3v) is 12.7. The Morgan fingerprint density at radius 3 is 2.56 bits per heavy atom. The molecule has 0 saturated carbocycles. The predicted octanol–water partition coefficient (Wildman–Crippen LogP) is 4.45. The molecule has 0 radical (unpaired) electrons. The van der Waals surface area contributed by atoms with Crippen LogP contribution in [0.2, 0.25) is 18.6 Å².